The summed E-state index contributed by atoms with van der Waals surface area (Å²) in [4.78, 5) is 1.12. The highest BCUT2D eigenvalue weighted by atomic mass is 79.9. The summed E-state index contributed by atoms with van der Waals surface area (Å²) in [6.07, 6.45) is -0.0946. The predicted molar refractivity (Wildman–Crippen MR) is 87.9 cm³/mol. The molecule has 0 fully saturated rings. The van der Waals surface area contributed by atoms with Crippen molar-refractivity contribution in [3.8, 4) is 0 Å². The lowest BCUT2D eigenvalue weighted by Crippen LogP contribution is -2.27. The van der Waals surface area contributed by atoms with Gasteiger partial charge in [-0.3, -0.25) is 0 Å². The first kappa shape index (κ1) is 19.0. The lowest BCUT2D eigenvalue weighted by Gasteiger charge is -2.20. The van der Waals surface area contributed by atoms with E-state index in [1.165, 1.54) is 0 Å². The molecule has 1 rings (SSSR count). The van der Waals surface area contributed by atoms with Crippen LogP contribution in [-0.4, -0.2) is 52.8 Å². The van der Waals surface area contributed by atoms with Crippen LogP contribution in [0.2, 0.25) is 0 Å². The molecule has 0 aliphatic heterocycles. The van der Waals surface area contributed by atoms with Crippen LogP contribution >= 0.6 is 27.3 Å². The number of hydrogen-bond acceptors (Lipinski definition) is 6. The molecule has 0 aromatic carbocycles. The van der Waals surface area contributed by atoms with Crippen LogP contribution in [0.4, 0.5) is 0 Å². The van der Waals surface area contributed by atoms with Crippen LogP contribution in [0.15, 0.2) is 15.9 Å². The second-order valence-corrected chi connectivity index (χ2v) is 6.39. The molecule has 1 heterocycles. The molecule has 5 nitrogen and oxygen atoms in total. The average molecular weight is 382 g/mol. The molecule has 122 valence electrons. The summed E-state index contributed by atoms with van der Waals surface area (Å²) < 4.78 is 22.5. The Morgan fingerprint density at radius 2 is 1.76 bits per heavy atom. The van der Waals surface area contributed by atoms with E-state index in [0.717, 1.165) is 9.35 Å². The smallest absolute Gasteiger partial charge is 0.107 e. The van der Waals surface area contributed by atoms with Gasteiger partial charge >= 0.3 is 0 Å². The van der Waals surface area contributed by atoms with Gasteiger partial charge in [-0.05, 0) is 28.9 Å². The maximum atomic E-state index is 5.98. The summed E-state index contributed by atoms with van der Waals surface area (Å²) in [7, 11) is 1.65. The lowest BCUT2D eigenvalue weighted by molar-refractivity contribution is -0.0211. The van der Waals surface area contributed by atoms with E-state index in [0.29, 0.717) is 39.6 Å². The Balaban J connectivity index is 2.12. The third-order valence-corrected chi connectivity index (χ3v) is 4.43. The molecule has 0 aliphatic rings. The van der Waals surface area contributed by atoms with Gasteiger partial charge in [0.15, 0.2) is 0 Å². The zero-order chi connectivity index (χ0) is 15.5. The zero-order valence-corrected chi connectivity index (χ0v) is 15.0. The minimum absolute atomic E-state index is 0.0621. The number of thiophene rings is 1. The van der Waals surface area contributed by atoms with Gasteiger partial charge in [0.2, 0.25) is 0 Å². The van der Waals surface area contributed by atoms with Gasteiger partial charge in [-0.25, -0.2) is 0 Å². The quantitative estimate of drug-likeness (QED) is 0.563. The molecule has 0 radical (unpaired) electrons. The number of hydrogen-bond donors (Lipinski definition) is 1. The van der Waals surface area contributed by atoms with Gasteiger partial charge in [0.25, 0.3) is 0 Å². The molecule has 2 N–H and O–H groups in total. The fourth-order valence-electron chi connectivity index (χ4n) is 1.67. The molecule has 1 aromatic rings. The largest absolute Gasteiger partial charge is 0.382 e. The topological polar surface area (TPSA) is 62.9 Å². The van der Waals surface area contributed by atoms with Crippen LogP contribution in [0, 0.1) is 0 Å². The van der Waals surface area contributed by atoms with Crippen LogP contribution in [0.25, 0.3) is 0 Å². The van der Waals surface area contributed by atoms with Crippen LogP contribution in [0.3, 0.4) is 0 Å². The Bertz CT molecular complexity index is 376. The van der Waals surface area contributed by atoms with Gasteiger partial charge < -0.3 is 24.7 Å². The normalized spacial score (nSPS) is 14.3. The SMILES string of the molecule is COCCOCCOCCOC(c1cc(Br)cs1)C(C)N. The summed E-state index contributed by atoms with van der Waals surface area (Å²) in [6.45, 7) is 5.32. The first-order valence-electron chi connectivity index (χ1n) is 6.90. The van der Waals surface area contributed by atoms with E-state index in [1.54, 1.807) is 18.4 Å². The van der Waals surface area contributed by atoms with Crippen molar-refractivity contribution in [1.29, 1.82) is 0 Å². The average Bonchev–Trinajstić information content (AvgIpc) is 2.87. The van der Waals surface area contributed by atoms with Crippen molar-refractivity contribution >= 4 is 27.3 Å². The highest BCUT2D eigenvalue weighted by molar-refractivity contribution is 9.10. The lowest BCUT2D eigenvalue weighted by atomic mass is 10.1. The maximum Gasteiger partial charge on any atom is 0.107 e. The maximum absolute atomic E-state index is 5.98. The van der Waals surface area contributed by atoms with Gasteiger partial charge in [-0.2, -0.15) is 0 Å². The molecule has 21 heavy (non-hydrogen) atoms. The Morgan fingerprint density at radius 3 is 2.29 bits per heavy atom. The van der Waals surface area contributed by atoms with E-state index in [2.05, 4.69) is 15.9 Å². The van der Waals surface area contributed by atoms with Gasteiger partial charge in [0, 0.05) is 27.9 Å². The molecule has 0 amide bonds. The number of nitrogens with two attached hydrogens (primary N) is 1. The minimum atomic E-state index is -0.0946. The van der Waals surface area contributed by atoms with Crippen molar-refractivity contribution in [2.24, 2.45) is 5.73 Å². The summed E-state index contributed by atoms with van der Waals surface area (Å²) in [5.74, 6) is 0. The Labute approximate surface area is 138 Å². The second-order valence-electron chi connectivity index (χ2n) is 4.54. The minimum Gasteiger partial charge on any atom is -0.382 e. The molecular formula is C14H24BrNO4S. The molecule has 2 atom stereocenters. The van der Waals surface area contributed by atoms with E-state index in [1.807, 2.05) is 18.4 Å². The fourth-order valence-corrected chi connectivity index (χ4v) is 3.28. The van der Waals surface area contributed by atoms with E-state index >= 15 is 0 Å². The van der Waals surface area contributed by atoms with Crippen LogP contribution in [0.5, 0.6) is 0 Å². The molecule has 0 saturated heterocycles. The Morgan fingerprint density at radius 1 is 1.14 bits per heavy atom. The highest BCUT2D eigenvalue weighted by Crippen LogP contribution is 2.29. The van der Waals surface area contributed by atoms with E-state index in [4.69, 9.17) is 24.7 Å². The standard InChI is InChI=1S/C14H24BrNO4S/c1-11(16)14(13-9-12(15)10-21-13)20-8-7-19-6-5-18-4-3-17-2/h9-11,14H,3-8,16H2,1-2H3. The summed E-state index contributed by atoms with van der Waals surface area (Å²) in [6, 6.07) is 1.98. The van der Waals surface area contributed by atoms with Crippen molar-refractivity contribution in [2.75, 3.05) is 46.8 Å². The third-order valence-electron chi connectivity index (χ3n) is 2.67. The van der Waals surface area contributed by atoms with Crippen LogP contribution in [0.1, 0.15) is 17.9 Å². The molecule has 2 unspecified atom stereocenters. The van der Waals surface area contributed by atoms with Crippen molar-refractivity contribution < 1.29 is 18.9 Å². The number of rotatable bonds is 12. The molecule has 0 aliphatic carbocycles. The Kier molecular flexibility index (Phi) is 10.5. The van der Waals surface area contributed by atoms with Crippen molar-refractivity contribution in [3.05, 3.63) is 20.8 Å². The van der Waals surface area contributed by atoms with Gasteiger partial charge in [-0.15, -0.1) is 11.3 Å². The first-order valence-corrected chi connectivity index (χ1v) is 8.58. The number of methoxy groups -OCH3 is 1. The fraction of sp³-hybridized carbons (Fsp3) is 0.714. The van der Waals surface area contributed by atoms with E-state index in [9.17, 15) is 0 Å². The van der Waals surface area contributed by atoms with Crippen LogP contribution in [-0.2, 0) is 18.9 Å². The van der Waals surface area contributed by atoms with Crippen molar-refractivity contribution in [2.45, 2.75) is 19.1 Å². The molecule has 7 heteroatoms. The summed E-state index contributed by atoms with van der Waals surface area (Å²) in [5.41, 5.74) is 5.98. The zero-order valence-electron chi connectivity index (χ0n) is 12.5. The number of ether oxygens (including phenoxy) is 4. The molecular weight excluding hydrogens is 358 g/mol. The van der Waals surface area contributed by atoms with Gasteiger partial charge in [0.1, 0.15) is 6.10 Å². The molecule has 1 aromatic heterocycles. The highest BCUT2D eigenvalue weighted by Gasteiger charge is 2.18. The van der Waals surface area contributed by atoms with Crippen molar-refractivity contribution in [1.82, 2.24) is 0 Å². The van der Waals surface area contributed by atoms with Crippen molar-refractivity contribution in [3.63, 3.8) is 0 Å². The second kappa shape index (κ2) is 11.5. The van der Waals surface area contributed by atoms with Gasteiger partial charge in [-0.1, -0.05) is 0 Å². The summed E-state index contributed by atoms with van der Waals surface area (Å²) in [5, 5.41) is 2.03. The summed E-state index contributed by atoms with van der Waals surface area (Å²) >= 11 is 5.09. The van der Waals surface area contributed by atoms with E-state index < -0.39 is 0 Å². The third kappa shape index (κ3) is 8.25. The van der Waals surface area contributed by atoms with Gasteiger partial charge in [0.05, 0.1) is 39.6 Å². The monoisotopic (exact) mass is 381 g/mol. The first-order chi connectivity index (χ1) is 10.1. The molecule has 0 saturated carbocycles. The van der Waals surface area contributed by atoms with E-state index in [-0.39, 0.29) is 12.1 Å². The molecule has 0 bridgehead atoms. The van der Waals surface area contributed by atoms with Crippen LogP contribution < -0.4 is 5.73 Å². The Hall–Kier alpha value is -0.0200. The number of halogens is 1. The molecule has 0 spiro atoms. The predicted octanol–water partition coefficient (Wildman–Crippen LogP) is 2.60.